The minimum atomic E-state index is -2.61. The fourth-order valence-corrected chi connectivity index (χ4v) is 4.78. The van der Waals surface area contributed by atoms with Gasteiger partial charge in [-0.3, -0.25) is 9.88 Å². The molecule has 0 bridgehead atoms. The van der Waals surface area contributed by atoms with Crippen LogP contribution in [-0.2, 0) is 6.54 Å². The van der Waals surface area contributed by atoms with Crippen LogP contribution >= 0.6 is 11.6 Å². The van der Waals surface area contributed by atoms with E-state index in [1.54, 1.807) is 16.7 Å². The first-order valence-corrected chi connectivity index (χ1v) is 13.1. The number of rotatable bonds is 10. The van der Waals surface area contributed by atoms with E-state index >= 15 is 0 Å². The molecule has 3 aromatic heterocycles. The minimum absolute atomic E-state index is 0.112. The van der Waals surface area contributed by atoms with E-state index in [-0.39, 0.29) is 23.8 Å². The summed E-state index contributed by atoms with van der Waals surface area (Å²) in [5, 5.41) is 9.83. The lowest BCUT2D eigenvalue weighted by atomic mass is 10.2. The first-order chi connectivity index (χ1) is 18.8. The maximum Gasteiger partial charge on any atom is 0.263 e. The number of aliphatic hydroxyl groups is 1. The summed E-state index contributed by atoms with van der Waals surface area (Å²) in [4.78, 5) is 20.0. The first-order valence-electron chi connectivity index (χ1n) is 12.7. The largest absolute Gasteiger partial charge is 0.492 e. The van der Waals surface area contributed by atoms with E-state index in [9.17, 15) is 13.9 Å². The van der Waals surface area contributed by atoms with Crippen molar-refractivity contribution in [1.29, 1.82) is 0 Å². The molecule has 1 aliphatic carbocycles. The van der Waals surface area contributed by atoms with Gasteiger partial charge in [-0.05, 0) is 50.1 Å². The molecule has 4 heterocycles. The second-order valence-electron chi connectivity index (χ2n) is 10.2. The van der Waals surface area contributed by atoms with Crippen molar-refractivity contribution >= 4 is 22.8 Å². The second kappa shape index (κ2) is 10.3. The summed E-state index contributed by atoms with van der Waals surface area (Å²) >= 11 is 6.73. The van der Waals surface area contributed by atoms with Gasteiger partial charge in [0, 0.05) is 37.0 Å². The van der Waals surface area contributed by atoms with E-state index in [0.29, 0.717) is 71.1 Å². The minimum Gasteiger partial charge on any atom is -0.492 e. The van der Waals surface area contributed by atoms with Crippen LogP contribution in [0.25, 0.3) is 22.6 Å². The lowest BCUT2D eigenvalue weighted by Gasteiger charge is -2.35. The van der Waals surface area contributed by atoms with Gasteiger partial charge in [-0.1, -0.05) is 11.6 Å². The van der Waals surface area contributed by atoms with Gasteiger partial charge in [0.05, 0.1) is 23.4 Å². The maximum absolute atomic E-state index is 13.4. The van der Waals surface area contributed by atoms with E-state index in [2.05, 4.69) is 19.9 Å². The Balaban J connectivity index is 1.34. The molecule has 0 spiro atoms. The standard InChI is InChI=1S/C27H27ClF2N6O3/c1-27(5-6-27)39-26-22-25(32-15-33-26)36(12-17-10-16(23(29)30)4-7-31-17)24(34-22)20-3-2-19(11-21(20)28)38-9-8-35-13-18(37)14-35/h2-4,7,10-11,15,18,23,37H,5-6,8-9,12-14H2,1H3. The Morgan fingerprint density at radius 1 is 1.15 bits per heavy atom. The molecule has 1 N–H and O–H groups in total. The molecule has 1 saturated heterocycles. The number of hydrogen-bond acceptors (Lipinski definition) is 8. The molecule has 6 rings (SSSR count). The summed E-state index contributed by atoms with van der Waals surface area (Å²) in [7, 11) is 0. The van der Waals surface area contributed by atoms with Crippen molar-refractivity contribution in [2.24, 2.45) is 0 Å². The van der Waals surface area contributed by atoms with Gasteiger partial charge >= 0.3 is 0 Å². The van der Waals surface area contributed by atoms with E-state index < -0.39 is 6.43 Å². The van der Waals surface area contributed by atoms with Gasteiger partial charge < -0.3 is 19.1 Å². The quantitative estimate of drug-likeness (QED) is 0.305. The average Bonchev–Trinajstić information content (AvgIpc) is 3.51. The summed E-state index contributed by atoms with van der Waals surface area (Å²) in [5.74, 6) is 1.44. The highest BCUT2D eigenvalue weighted by molar-refractivity contribution is 6.33. The third-order valence-electron chi connectivity index (χ3n) is 7.00. The number of aliphatic hydroxyl groups excluding tert-OH is 1. The second-order valence-corrected chi connectivity index (χ2v) is 10.6. The number of hydrogen-bond donors (Lipinski definition) is 1. The van der Waals surface area contributed by atoms with Gasteiger partial charge in [-0.15, -0.1) is 0 Å². The third kappa shape index (κ3) is 5.52. The Kier molecular flexibility index (Phi) is 6.82. The predicted octanol–water partition coefficient (Wildman–Crippen LogP) is 4.51. The van der Waals surface area contributed by atoms with E-state index in [0.717, 1.165) is 12.8 Å². The van der Waals surface area contributed by atoms with Crippen LogP contribution in [0.3, 0.4) is 0 Å². The van der Waals surface area contributed by atoms with E-state index in [1.807, 2.05) is 13.0 Å². The Morgan fingerprint density at radius 2 is 1.97 bits per heavy atom. The van der Waals surface area contributed by atoms with Crippen molar-refractivity contribution in [3.63, 3.8) is 0 Å². The molecule has 1 aliphatic heterocycles. The van der Waals surface area contributed by atoms with Crippen molar-refractivity contribution < 1.29 is 23.4 Å². The van der Waals surface area contributed by atoms with Gasteiger partial charge in [-0.25, -0.2) is 18.7 Å². The molecule has 2 aliphatic rings. The predicted molar refractivity (Wildman–Crippen MR) is 140 cm³/mol. The molecule has 1 aromatic carbocycles. The Bertz CT molecular complexity index is 1510. The number of nitrogens with zero attached hydrogens (tertiary/aromatic N) is 6. The molecular formula is C27H27ClF2N6O3. The number of β-amino-alcohol motifs (C(OH)–C–C–N with tert-alkyl or cyclic N) is 1. The zero-order valence-electron chi connectivity index (χ0n) is 21.2. The number of fused-ring (bicyclic) bond motifs is 1. The van der Waals surface area contributed by atoms with E-state index in [1.165, 1.54) is 24.7 Å². The Labute approximate surface area is 228 Å². The SMILES string of the molecule is CC1(Oc2ncnc3c2nc(-c2ccc(OCCN4CC(O)C4)cc2Cl)n3Cc2cc(C(F)F)ccn2)CC1. The summed E-state index contributed by atoms with van der Waals surface area (Å²) in [6, 6.07) is 8.00. The molecule has 4 aromatic rings. The highest BCUT2D eigenvalue weighted by atomic mass is 35.5. The summed E-state index contributed by atoms with van der Waals surface area (Å²) in [6.07, 6.45) is 1.75. The lowest BCUT2D eigenvalue weighted by Crippen LogP contribution is -2.51. The van der Waals surface area contributed by atoms with Crippen LogP contribution in [-0.4, -0.2) is 72.5 Å². The van der Waals surface area contributed by atoms with Crippen molar-refractivity contribution in [3.8, 4) is 23.0 Å². The number of benzene rings is 1. The normalized spacial score (nSPS) is 17.0. The summed E-state index contributed by atoms with van der Waals surface area (Å²) < 4.78 is 40.6. The number of likely N-dealkylation sites (tertiary alicyclic amines) is 1. The summed E-state index contributed by atoms with van der Waals surface area (Å²) in [5.41, 5.74) is 1.58. The van der Waals surface area contributed by atoms with Crippen LogP contribution in [0, 0.1) is 0 Å². The molecule has 0 amide bonds. The molecule has 204 valence electrons. The number of halogens is 3. The molecule has 39 heavy (non-hydrogen) atoms. The molecular weight excluding hydrogens is 530 g/mol. The van der Waals surface area contributed by atoms with Crippen LogP contribution in [0.5, 0.6) is 11.6 Å². The van der Waals surface area contributed by atoms with Gasteiger partial charge in [0.25, 0.3) is 6.43 Å². The highest BCUT2D eigenvalue weighted by Crippen LogP contribution is 2.41. The molecule has 2 fully saturated rings. The number of ether oxygens (including phenoxy) is 2. The monoisotopic (exact) mass is 556 g/mol. The lowest BCUT2D eigenvalue weighted by molar-refractivity contribution is -0.00387. The molecule has 1 saturated carbocycles. The highest BCUT2D eigenvalue weighted by Gasteiger charge is 2.41. The molecule has 0 radical (unpaired) electrons. The topological polar surface area (TPSA) is 98.4 Å². The Morgan fingerprint density at radius 3 is 2.69 bits per heavy atom. The number of alkyl halides is 2. The number of imidazole rings is 1. The zero-order valence-corrected chi connectivity index (χ0v) is 22.0. The van der Waals surface area contributed by atoms with Gasteiger partial charge in [0.2, 0.25) is 5.88 Å². The van der Waals surface area contributed by atoms with Crippen LogP contribution in [0.1, 0.15) is 37.4 Å². The summed E-state index contributed by atoms with van der Waals surface area (Å²) in [6.45, 7) is 4.62. The smallest absolute Gasteiger partial charge is 0.263 e. The number of pyridine rings is 1. The fraction of sp³-hybridized carbons (Fsp3) is 0.407. The molecule has 0 unspecified atom stereocenters. The third-order valence-corrected chi connectivity index (χ3v) is 7.32. The van der Waals surface area contributed by atoms with Crippen LogP contribution in [0.4, 0.5) is 8.78 Å². The average molecular weight is 557 g/mol. The molecule has 9 nitrogen and oxygen atoms in total. The van der Waals surface area contributed by atoms with Crippen molar-refractivity contribution in [1.82, 2.24) is 29.4 Å². The first kappa shape index (κ1) is 25.8. The van der Waals surface area contributed by atoms with Gasteiger partial charge in [0.1, 0.15) is 30.1 Å². The van der Waals surface area contributed by atoms with E-state index in [4.69, 9.17) is 26.1 Å². The maximum atomic E-state index is 13.4. The fourth-order valence-electron chi connectivity index (χ4n) is 4.52. The van der Waals surface area contributed by atoms with Crippen LogP contribution in [0.15, 0.2) is 42.9 Å². The van der Waals surface area contributed by atoms with Crippen molar-refractivity contribution in [3.05, 3.63) is 59.1 Å². The van der Waals surface area contributed by atoms with Crippen LogP contribution < -0.4 is 9.47 Å². The molecule has 12 heteroatoms. The Hall–Kier alpha value is -3.41. The molecule has 0 atom stereocenters. The van der Waals surface area contributed by atoms with Gasteiger partial charge in [-0.2, -0.15) is 4.98 Å². The number of aromatic nitrogens is 5. The van der Waals surface area contributed by atoms with Crippen molar-refractivity contribution in [2.75, 3.05) is 26.2 Å². The zero-order chi connectivity index (χ0) is 27.1. The van der Waals surface area contributed by atoms with Crippen molar-refractivity contribution in [2.45, 2.75) is 44.4 Å². The van der Waals surface area contributed by atoms with Crippen LogP contribution in [0.2, 0.25) is 5.02 Å². The van der Waals surface area contributed by atoms with Gasteiger partial charge in [0.15, 0.2) is 11.2 Å².